The summed E-state index contributed by atoms with van der Waals surface area (Å²) < 4.78 is 24.2. The zero-order valence-corrected chi connectivity index (χ0v) is 18.3. The lowest BCUT2D eigenvalue weighted by atomic mass is 9.74. The lowest BCUT2D eigenvalue weighted by Crippen LogP contribution is -2.51. The van der Waals surface area contributed by atoms with Crippen molar-refractivity contribution in [3.63, 3.8) is 0 Å². The van der Waals surface area contributed by atoms with E-state index in [0.717, 1.165) is 5.56 Å². The summed E-state index contributed by atoms with van der Waals surface area (Å²) in [5.74, 6) is 0.0480. The molecule has 1 amide bonds. The van der Waals surface area contributed by atoms with Crippen molar-refractivity contribution in [2.75, 3.05) is 19.7 Å². The Balaban J connectivity index is 1.50. The zero-order valence-electron chi connectivity index (χ0n) is 18.3. The molecule has 0 spiro atoms. The smallest absolute Gasteiger partial charge is 0.314 e. The van der Waals surface area contributed by atoms with Gasteiger partial charge in [0.2, 0.25) is 0 Å². The number of carbonyl (C=O) groups is 2. The van der Waals surface area contributed by atoms with Gasteiger partial charge in [0.15, 0.2) is 5.76 Å². The van der Waals surface area contributed by atoms with Crippen molar-refractivity contribution in [1.82, 2.24) is 4.90 Å². The normalized spacial score (nSPS) is 22.9. The highest BCUT2D eigenvalue weighted by atomic mass is 19.1. The summed E-state index contributed by atoms with van der Waals surface area (Å²) in [6, 6.07) is 9.48. The highest BCUT2D eigenvalue weighted by Crippen LogP contribution is 2.39. The Morgan fingerprint density at radius 1 is 1.25 bits per heavy atom. The second kappa shape index (κ2) is 9.14. The van der Waals surface area contributed by atoms with Crippen molar-refractivity contribution >= 4 is 17.6 Å². The van der Waals surface area contributed by atoms with E-state index in [1.165, 1.54) is 12.1 Å². The van der Waals surface area contributed by atoms with Crippen molar-refractivity contribution in [2.24, 2.45) is 10.6 Å². The number of piperidine rings is 1. The minimum absolute atomic E-state index is 0.232. The summed E-state index contributed by atoms with van der Waals surface area (Å²) in [4.78, 5) is 33.4. The first-order valence-corrected chi connectivity index (χ1v) is 10.9. The Hall–Kier alpha value is -3.16. The van der Waals surface area contributed by atoms with Gasteiger partial charge in [-0.25, -0.2) is 4.39 Å². The van der Waals surface area contributed by atoms with Gasteiger partial charge in [0, 0.05) is 25.9 Å². The SMILES string of the molecule is CCOC(=O)[C@]1(C[C@H]2CC(c3ccc(F)cc3)=NO2)CCCN(C(=O)c2ccc(C)o2)C1. The Morgan fingerprint density at radius 2 is 2.03 bits per heavy atom. The van der Waals surface area contributed by atoms with E-state index in [0.29, 0.717) is 43.7 Å². The van der Waals surface area contributed by atoms with Gasteiger partial charge in [0.1, 0.15) is 17.7 Å². The molecule has 0 saturated carbocycles. The van der Waals surface area contributed by atoms with Gasteiger partial charge in [-0.15, -0.1) is 0 Å². The summed E-state index contributed by atoms with van der Waals surface area (Å²) in [6.07, 6.45) is 1.81. The molecule has 1 aromatic heterocycles. The predicted molar refractivity (Wildman–Crippen MR) is 115 cm³/mol. The number of oxime groups is 1. The van der Waals surface area contributed by atoms with Crippen LogP contribution in [0.3, 0.4) is 0 Å². The lowest BCUT2D eigenvalue weighted by Gasteiger charge is -2.41. The summed E-state index contributed by atoms with van der Waals surface area (Å²) >= 11 is 0. The summed E-state index contributed by atoms with van der Waals surface area (Å²) in [6.45, 7) is 4.59. The van der Waals surface area contributed by atoms with Crippen LogP contribution in [0, 0.1) is 18.2 Å². The average Bonchev–Trinajstić information content (AvgIpc) is 3.43. The van der Waals surface area contributed by atoms with Gasteiger partial charge in [-0.05, 0) is 56.5 Å². The molecular weight excluding hydrogens is 415 g/mol. The largest absolute Gasteiger partial charge is 0.466 e. The number of furan rings is 1. The van der Waals surface area contributed by atoms with Crippen molar-refractivity contribution in [3.8, 4) is 0 Å². The summed E-state index contributed by atoms with van der Waals surface area (Å²) in [5, 5.41) is 4.17. The standard InChI is InChI=1S/C24H27FN2O5/c1-3-30-23(29)24(11-4-12-27(15-24)22(28)21-10-5-16(2)31-21)14-19-13-20(26-32-19)17-6-8-18(25)9-7-17/h5-10,19H,3-4,11-15H2,1-2H3/t19-,24+/m1/s1. The number of nitrogens with zero attached hydrogens (tertiary/aromatic N) is 2. The number of hydrogen-bond donors (Lipinski definition) is 0. The van der Waals surface area contributed by atoms with Gasteiger partial charge in [-0.3, -0.25) is 9.59 Å². The van der Waals surface area contributed by atoms with Crippen LogP contribution in [0.2, 0.25) is 0 Å². The molecule has 170 valence electrons. The van der Waals surface area contributed by atoms with Crippen LogP contribution < -0.4 is 0 Å². The first kappa shape index (κ1) is 22.0. The molecule has 2 aliphatic rings. The fraction of sp³-hybridized carbons (Fsp3) is 0.458. The summed E-state index contributed by atoms with van der Waals surface area (Å²) in [7, 11) is 0. The van der Waals surface area contributed by atoms with Crippen LogP contribution in [0.4, 0.5) is 4.39 Å². The van der Waals surface area contributed by atoms with Gasteiger partial charge in [0.05, 0.1) is 17.7 Å². The molecule has 2 aliphatic heterocycles. The van der Waals surface area contributed by atoms with E-state index in [-0.39, 0.29) is 42.7 Å². The minimum Gasteiger partial charge on any atom is -0.466 e. The monoisotopic (exact) mass is 442 g/mol. The van der Waals surface area contributed by atoms with Gasteiger partial charge in [-0.2, -0.15) is 0 Å². The third kappa shape index (κ3) is 4.54. The van der Waals surface area contributed by atoms with E-state index in [4.69, 9.17) is 14.0 Å². The molecular formula is C24H27FN2O5. The Bertz CT molecular complexity index is 1020. The average molecular weight is 442 g/mol. The number of halogens is 1. The fourth-order valence-electron chi connectivity index (χ4n) is 4.50. The molecule has 0 aliphatic carbocycles. The molecule has 1 saturated heterocycles. The van der Waals surface area contributed by atoms with E-state index in [9.17, 15) is 14.0 Å². The molecule has 0 N–H and O–H groups in total. The zero-order chi connectivity index (χ0) is 22.7. The van der Waals surface area contributed by atoms with Gasteiger partial charge < -0.3 is 18.9 Å². The second-order valence-corrected chi connectivity index (χ2v) is 8.42. The first-order valence-electron chi connectivity index (χ1n) is 10.9. The number of ether oxygens (including phenoxy) is 1. The molecule has 2 aromatic rings. The van der Waals surface area contributed by atoms with Crippen LogP contribution in [0.5, 0.6) is 0 Å². The Morgan fingerprint density at radius 3 is 2.72 bits per heavy atom. The molecule has 1 aromatic carbocycles. The number of carbonyl (C=O) groups excluding carboxylic acids is 2. The second-order valence-electron chi connectivity index (χ2n) is 8.42. The van der Waals surface area contributed by atoms with Gasteiger partial charge >= 0.3 is 5.97 Å². The van der Waals surface area contributed by atoms with Crippen molar-refractivity contribution in [3.05, 3.63) is 59.3 Å². The molecule has 7 nitrogen and oxygen atoms in total. The van der Waals surface area contributed by atoms with Crippen LogP contribution in [-0.4, -0.2) is 48.3 Å². The molecule has 0 unspecified atom stereocenters. The topological polar surface area (TPSA) is 81.3 Å². The number of hydrogen-bond acceptors (Lipinski definition) is 6. The van der Waals surface area contributed by atoms with E-state index in [1.54, 1.807) is 43.0 Å². The molecule has 4 rings (SSSR count). The Labute approximate surface area is 186 Å². The van der Waals surface area contributed by atoms with E-state index >= 15 is 0 Å². The highest BCUT2D eigenvalue weighted by Gasteiger charge is 2.48. The third-order valence-electron chi connectivity index (χ3n) is 6.05. The summed E-state index contributed by atoms with van der Waals surface area (Å²) in [5.41, 5.74) is 0.612. The number of aryl methyl sites for hydroxylation is 1. The number of likely N-dealkylation sites (tertiary alicyclic amines) is 1. The first-order chi connectivity index (χ1) is 15.4. The molecule has 0 bridgehead atoms. The van der Waals surface area contributed by atoms with E-state index < -0.39 is 5.41 Å². The van der Waals surface area contributed by atoms with Crippen LogP contribution >= 0.6 is 0 Å². The highest BCUT2D eigenvalue weighted by molar-refractivity contribution is 6.01. The van der Waals surface area contributed by atoms with Gasteiger partial charge in [-0.1, -0.05) is 17.3 Å². The predicted octanol–water partition coefficient (Wildman–Crippen LogP) is 4.10. The van der Waals surface area contributed by atoms with Gasteiger partial charge in [0.25, 0.3) is 5.91 Å². The number of amides is 1. The molecule has 32 heavy (non-hydrogen) atoms. The Kier molecular flexibility index (Phi) is 6.30. The van der Waals surface area contributed by atoms with E-state index in [1.807, 2.05) is 0 Å². The number of esters is 1. The van der Waals surface area contributed by atoms with Crippen LogP contribution in [0.15, 0.2) is 46.0 Å². The maximum atomic E-state index is 13.2. The molecule has 8 heteroatoms. The number of rotatable bonds is 6. The minimum atomic E-state index is -0.885. The quantitative estimate of drug-likeness (QED) is 0.630. The van der Waals surface area contributed by atoms with Crippen LogP contribution in [-0.2, 0) is 14.4 Å². The van der Waals surface area contributed by atoms with Crippen molar-refractivity contribution < 1.29 is 28.0 Å². The molecule has 3 heterocycles. The lowest BCUT2D eigenvalue weighted by molar-refractivity contribution is -0.161. The molecule has 1 fully saturated rings. The van der Waals surface area contributed by atoms with Crippen LogP contribution in [0.1, 0.15) is 54.5 Å². The van der Waals surface area contributed by atoms with Crippen LogP contribution in [0.25, 0.3) is 0 Å². The van der Waals surface area contributed by atoms with E-state index in [2.05, 4.69) is 5.16 Å². The van der Waals surface area contributed by atoms with Crippen molar-refractivity contribution in [1.29, 1.82) is 0 Å². The molecule has 2 atom stereocenters. The number of benzene rings is 1. The fourth-order valence-corrected chi connectivity index (χ4v) is 4.50. The maximum absolute atomic E-state index is 13.2. The third-order valence-corrected chi connectivity index (χ3v) is 6.05. The molecule has 0 radical (unpaired) electrons. The van der Waals surface area contributed by atoms with Crippen molar-refractivity contribution in [2.45, 2.75) is 45.6 Å². The maximum Gasteiger partial charge on any atom is 0.314 e.